The van der Waals surface area contributed by atoms with E-state index in [0.717, 1.165) is 0 Å². The van der Waals surface area contributed by atoms with Gasteiger partial charge in [0.15, 0.2) is 0 Å². The molecule has 0 fully saturated rings. The maximum absolute atomic E-state index is 5.71. The van der Waals surface area contributed by atoms with Crippen LogP contribution in [0.1, 0.15) is 55.4 Å². The molecule has 0 aromatic carbocycles. The van der Waals surface area contributed by atoms with Crippen LogP contribution in [0.2, 0.25) is 0 Å². The van der Waals surface area contributed by atoms with E-state index in [4.69, 9.17) is 11.2 Å². The van der Waals surface area contributed by atoms with E-state index in [1.54, 1.807) is 0 Å². The first kappa shape index (κ1) is 19.0. The summed E-state index contributed by atoms with van der Waals surface area (Å²) in [4.78, 5) is 0. The second-order valence-corrected chi connectivity index (χ2v) is 6.35. The molecular formula is C12H30ClN2P. The molecule has 0 aromatic heterocycles. The normalized spacial score (nSPS) is 12.4. The van der Waals surface area contributed by atoms with Crippen LogP contribution in [0.15, 0.2) is 0 Å². The summed E-state index contributed by atoms with van der Waals surface area (Å²) >= 11 is 5.71. The molecule has 1 unspecified atom stereocenters. The van der Waals surface area contributed by atoms with Gasteiger partial charge in [0, 0.05) is 32.3 Å². The molecule has 1 N–H and O–H groups in total. The van der Waals surface area contributed by atoms with Gasteiger partial charge in [-0.05, 0) is 27.7 Å². The van der Waals surface area contributed by atoms with Gasteiger partial charge in [0.25, 0.3) is 0 Å². The Morgan fingerprint density at radius 3 is 1.12 bits per heavy atom. The Hall–Kier alpha value is 0.640. The zero-order valence-electron chi connectivity index (χ0n) is 12.1. The molecule has 0 aliphatic carbocycles. The van der Waals surface area contributed by atoms with E-state index in [1.807, 2.05) is 0 Å². The van der Waals surface area contributed by atoms with E-state index < -0.39 is 0 Å². The van der Waals surface area contributed by atoms with E-state index in [0.29, 0.717) is 32.3 Å². The summed E-state index contributed by atoms with van der Waals surface area (Å²) in [6.07, 6.45) is 0. The average molecular weight is 269 g/mol. The molecule has 0 aliphatic rings. The molecule has 0 bridgehead atoms. The predicted octanol–water partition coefficient (Wildman–Crippen LogP) is 4.25. The van der Waals surface area contributed by atoms with E-state index in [1.165, 1.54) is 0 Å². The third-order valence-corrected chi connectivity index (χ3v) is 3.69. The van der Waals surface area contributed by atoms with Crippen molar-refractivity contribution in [2.24, 2.45) is 0 Å². The first-order valence-corrected chi connectivity index (χ1v) is 8.08. The standard InChI is InChI=1S/C6H15ClNP.C6H15N/c1-5(2)8(9-7)6(3)4;1-5(2)7-6(3)4/h5-6,9H,1-4H3;5-7H,1-4H3. The van der Waals surface area contributed by atoms with E-state index in [-0.39, 0.29) is 0 Å². The lowest BCUT2D eigenvalue weighted by Gasteiger charge is -2.26. The highest BCUT2D eigenvalue weighted by molar-refractivity contribution is 7.66. The molecule has 0 rings (SSSR count). The highest BCUT2D eigenvalue weighted by Gasteiger charge is 2.10. The first-order chi connectivity index (χ1) is 7.22. The summed E-state index contributed by atoms with van der Waals surface area (Å²) < 4.78 is 2.25. The predicted molar refractivity (Wildman–Crippen MR) is 79.7 cm³/mol. The number of hydrogen-bond donors (Lipinski definition) is 1. The molecule has 0 heterocycles. The van der Waals surface area contributed by atoms with Crippen LogP contribution in [0.3, 0.4) is 0 Å². The topological polar surface area (TPSA) is 15.3 Å². The largest absolute Gasteiger partial charge is 0.312 e. The van der Waals surface area contributed by atoms with Crippen molar-refractivity contribution in [2.75, 3.05) is 0 Å². The Bertz CT molecular complexity index is 136. The Balaban J connectivity index is 0. The summed E-state index contributed by atoms with van der Waals surface area (Å²) in [5.74, 6) is 0. The highest BCUT2D eigenvalue weighted by atomic mass is 35.7. The Morgan fingerprint density at radius 2 is 1.12 bits per heavy atom. The fraction of sp³-hybridized carbons (Fsp3) is 1.00. The van der Waals surface area contributed by atoms with Crippen LogP contribution in [0.25, 0.3) is 0 Å². The summed E-state index contributed by atoms with van der Waals surface area (Å²) in [5, 5.41) is 3.31. The average Bonchev–Trinajstić information content (AvgIpc) is 2.01. The molecule has 0 amide bonds. The van der Waals surface area contributed by atoms with Gasteiger partial charge in [-0.15, -0.1) is 0 Å². The Kier molecular flexibility index (Phi) is 12.8. The number of nitrogens with zero attached hydrogens (tertiary/aromatic N) is 1. The van der Waals surface area contributed by atoms with Gasteiger partial charge in [0.1, 0.15) is 0 Å². The van der Waals surface area contributed by atoms with Gasteiger partial charge >= 0.3 is 0 Å². The molecule has 16 heavy (non-hydrogen) atoms. The fourth-order valence-corrected chi connectivity index (χ4v) is 3.02. The van der Waals surface area contributed by atoms with Gasteiger partial charge in [0.2, 0.25) is 0 Å². The fourth-order valence-electron chi connectivity index (χ4n) is 1.46. The van der Waals surface area contributed by atoms with Crippen molar-refractivity contribution in [1.82, 2.24) is 9.99 Å². The Morgan fingerprint density at radius 1 is 0.812 bits per heavy atom. The molecule has 0 radical (unpaired) electrons. The van der Waals surface area contributed by atoms with E-state index in [9.17, 15) is 0 Å². The van der Waals surface area contributed by atoms with Gasteiger partial charge in [0.05, 0.1) is 0 Å². The zero-order valence-corrected chi connectivity index (χ0v) is 13.9. The number of hydrogen-bond acceptors (Lipinski definition) is 2. The van der Waals surface area contributed by atoms with Gasteiger partial charge < -0.3 is 5.32 Å². The van der Waals surface area contributed by atoms with E-state index >= 15 is 0 Å². The summed E-state index contributed by atoms with van der Waals surface area (Å²) in [6.45, 7) is 17.3. The van der Waals surface area contributed by atoms with Crippen LogP contribution in [0.5, 0.6) is 0 Å². The third kappa shape index (κ3) is 12.7. The monoisotopic (exact) mass is 268 g/mol. The highest BCUT2D eigenvalue weighted by Crippen LogP contribution is 2.27. The molecule has 0 aromatic rings. The lowest BCUT2D eigenvalue weighted by molar-refractivity contribution is 0.332. The zero-order chi connectivity index (χ0) is 13.3. The quantitative estimate of drug-likeness (QED) is 0.750. The lowest BCUT2D eigenvalue weighted by atomic mass is 10.3. The number of rotatable bonds is 5. The minimum Gasteiger partial charge on any atom is -0.312 e. The molecule has 0 spiro atoms. The Labute approximate surface area is 109 Å². The van der Waals surface area contributed by atoms with Crippen LogP contribution >= 0.6 is 19.3 Å². The maximum atomic E-state index is 5.71. The summed E-state index contributed by atoms with van der Waals surface area (Å²) in [7, 11) is 0.415. The van der Waals surface area contributed by atoms with Crippen molar-refractivity contribution in [1.29, 1.82) is 0 Å². The van der Waals surface area contributed by atoms with Crippen molar-refractivity contribution < 1.29 is 0 Å². The summed E-state index contributed by atoms with van der Waals surface area (Å²) in [6, 6.07) is 2.39. The van der Waals surface area contributed by atoms with Crippen LogP contribution in [-0.4, -0.2) is 28.8 Å². The van der Waals surface area contributed by atoms with Crippen molar-refractivity contribution in [3.63, 3.8) is 0 Å². The van der Waals surface area contributed by atoms with Gasteiger partial charge in [-0.25, -0.2) is 0 Å². The molecule has 1 atom stereocenters. The molecular weight excluding hydrogens is 239 g/mol. The summed E-state index contributed by atoms with van der Waals surface area (Å²) in [5.41, 5.74) is 0. The molecule has 2 nitrogen and oxygen atoms in total. The first-order valence-electron chi connectivity index (χ1n) is 6.13. The van der Waals surface area contributed by atoms with Crippen molar-refractivity contribution >= 4 is 19.3 Å². The minimum absolute atomic E-state index is 0.415. The van der Waals surface area contributed by atoms with Gasteiger partial charge in [-0.2, -0.15) is 0 Å². The van der Waals surface area contributed by atoms with E-state index in [2.05, 4.69) is 65.4 Å². The van der Waals surface area contributed by atoms with Gasteiger partial charge in [-0.1, -0.05) is 38.9 Å². The lowest BCUT2D eigenvalue weighted by Crippen LogP contribution is -2.29. The number of nitrogens with one attached hydrogen (secondary N) is 1. The third-order valence-electron chi connectivity index (χ3n) is 1.88. The van der Waals surface area contributed by atoms with Crippen molar-refractivity contribution in [2.45, 2.75) is 79.6 Å². The molecule has 0 saturated carbocycles. The van der Waals surface area contributed by atoms with Crippen molar-refractivity contribution in [3.8, 4) is 0 Å². The molecule has 0 aliphatic heterocycles. The maximum Gasteiger partial charge on any atom is 0.0483 e. The van der Waals surface area contributed by atoms with Gasteiger partial charge in [-0.3, -0.25) is 4.67 Å². The van der Waals surface area contributed by atoms with Crippen LogP contribution < -0.4 is 5.32 Å². The van der Waals surface area contributed by atoms with Crippen LogP contribution in [0, 0.1) is 0 Å². The second-order valence-electron chi connectivity index (χ2n) is 5.16. The molecule has 4 heteroatoms. The second kappa shape index (κ2) is 10.8. The van der Waals surface area contributed by atoms with Crippen LogP contribution in [-0.2, 0) is 0 Å². The minimum atomic E-state index is 0.415. The smallest absolute Gasteiger partial charge is 0.0483 e. The molecule has 0 saturated heterocycles. The van der Waals surface area contributed by atoms with Crippen LogP contribution in [0.4, 0.5) is 0 Å². The number of halogens is 1. The molecule has 100 valence electrons. The SMILES string of the molecule is CC(C)N(PCl)C(C)C.CC(C)NC(C)C. The van der Waals surface area contributed by atoms with Crippen molar-refractivity contribution in [3.05, 3.63) is 0 Å².